The third-order valence-electron chi connectivity index (χ3n) is 1.43. The van der Waals surface area contributed by atoms with Crippen molar-refractivity contribution in [3.8, 4) is 0 Å². The Morgan fingerprint density at radius 2 is 2.29 bits per heavy atom. The Kier molecular flexibility index (Phi) is 2.64. The zero-order chi connectivity index (χ0) is 9.97. The van der Waals surface area contributed by atoms with Gasteiger partial charge in [0.25, 0.3) is 0 Å². The fourth-order valence-electron chi connectivity index (χ4n) is 0.860. The maximum absolute atomic E-state index is 5.54. The normalized spacial score (nSPS) is 10.4. The van der Waals surface area contributed by atoms with E-state index in [-0.39, 0.29) is 0 Å². The van der Waals surface area contributed by atoms with Gasteiger partial charge in [0.1, 0.15) is 5.82 Å². The third-order valence-corrected chi connectivity index (χ3v) is 3.37. The van der Waals surface area contributed by atoms with Crippen molar-refractivity contribution in [3.05, 3.63) is 23.3 Å². The van der Waals surface area contributed by atoms with Gasteiger partial charge < -0.3 is 5.73 Å². The summed E-state index contributed by atoms with van der Waals surface area (Å²) >= 11 is 3.01. The Balaban J connectivity index is 2.18. The number of anilines is 1. The second kappa shape index (κ2) is 3.93. The minimum absolute atomic E-state index is 0.482. The monoisotopic (exact) mass is 224 g/mol. The third kappa shape index (κ3) is 2.21. The van der Waals surface area contributed by atoms with Crippen molar-refractivity contribution in [3.63, 3.8) is 0 Å². The average Bonchev–Trinajstić information content (AvgIpc) is 2.51. The minimum atomic E-state index is 0.482. The van der Waals surface area contributed by atoms with Crippen molar-refractivity contribution < 1.29 is 0 Å². The Bertz CT molecular complexity index is 440. The Morgan fingerprint density at radius 3 is 2.93 bits per heavy atom. The van der Waals surface area contributed by atoms with Crippen molar-refractivity contribution in [2.24, 2.45) is 0 Å². The van der Waals surface area contributed by atoms with E-state index >= 15 is 0 Å². The highest BCUT2D eigenvalue weighted by Crippen LogP contribution is 2.27. The van der Waals surface area contributed by atoms with E-state index in [0.717, 1.165) is 10.0 Å². The van der Waals surface area contributed by atoms with Crippen LogP contribution in [0.1, 0.15) is 5.69 Å². The number of hydrogen-bond acceptors (Lipinski definition) is 6. The van der Waals surface area contributed by atoms with Gasteiger partial charge in [0, 0.05) is 17.3 Å². The second-order valence-electron chi connectivity index (χ2n) is 2.62. The predicted octanol–water partition coefficient (Wildman–Crippen LogP) is 1.97. The molecule has 14 heavy (non-hydrogen) atoms. The van der Waals surface area contributed by atoms with Gasteiger partial charge in [-0.15, -0.1) is 11.3 Å². The molecule has 0 spiro atoms. The first-order valence-corrected chi connectivity index (χ1v) is 5.62. The average molecular weight is 224 g/mol. The van der Waals surface area contributed by atoms with Gasteiger partial charge in [-0.25, -0.2) is 15.0 Å². The van der Waals surface area contributed by atoms with Gasteiger partial charge in [-0.1, -0.05) is 0 Å². The fourth-order valence-corrected chi connectivity index (χ4v) is 2.55. The summed E-state index contributed by atoms with van der Waals surface area (Å²) in [6, 6.07) is 1.66. The topological polar surface area (TPSA) is 64.7 Å². The summed E-state index contributed by atoms with van der Waals surface area (Å²) in [6.45, 7) is 1.96. The number of aryl methyl sites for hydroxylation is 1. The molecule has 0 unspecified atom stereocenters. The Hall–Kier alpha value is -1.14. The molecular formula is C8H8N4S2. The molecule has 0 amide bonds. The molecular weight excluding hydrogens is 216 g/mol. The van der Waals surface area contributed by atoms with Crippen molar-refractivity contribution in [2.75, 3.05) is 5.73 Å². The summed E-state index contributed by atoms with van der Waals surface area (Å²) in [6.07, 6.45) is 1.64. The van der Waals surface area contributed by atoms with Crippen molar-refractivity contribution >= 4 is 28.9 Å². The maximum Gasteiger partial charge on any atom is 0.196 e. The summed E-state index contributed by atoms with van der Waals surface area (Å²) in [5.41, 5.74) is 6.55. The van der Waals surface area contributed by atoms with E-state index in [9.17, 15) is 0 Å². The zero-order valence-electron chi connectivity index (χ0n) is 7.47. The van der Waals surface area contributed by atoms with Gasteiger partial charge in [0.15, 0.2) is 9.50 Å². The molecule has 0 saturated heterocycles. The van der Waals surface area contributed by atoms with E-state index in [1.165, 1.54) is 11.8 Å². The van der Waals surface area contributed by atoms with E-state index in [0.29, 0.717) is 11.0 Å². The van der Waals surface area contributed by atoms with Crippen LogP contribution in [0, 0.1) is 6.92 Å². The van der Waals surface area contributed by atoms with Crippen LogP contribution in [0.5, 0.6) is 0 Å². The van der Waals surface area contributed by atoms with Crippen LogP contribution in [-0.2, 0) is 0 Å². The first-order chi connectivity index (χ1) is 6.74. The molecule has 0 aliphatic carbocycles. The summed E-state index contributed by atoms with van der Waals surface area (Å²) in [4.78, 5) is 12.5. The van der Waals surface area contributed by atoms with Crippen LogP contribution in [0.2, 0.25) is 0 Å². The van der Waals surface area contributed by atoms with Crippen molar-refractivity contribution in [1.29, 1.82) is 0 Å². The van der Waals surface area contributed by atoms with Gasteiger partial charge in [-0.2, -0.15) is 0 Å². The van der Waals surface area contributed by atoms with E-state index in [4.69, 9.17) is 5.73 Å². The van der Waals surface area contributed by atoms with Gasteiger partial charge in [0.2, 0.25) is 0 Å². The molecule has 0 saturated carbocycles. The highest BCUT2D eigenvalue weighted by Gasteiger charge is 2.03. The van der Waals surface area contributed by atoms with Crippen LogP contribution in [0.15, 0.2) is 27.1 Å². The molecule has 0 aliphatic heterocycles. The summed E-state index contributed by atoms with van der Waals surface area (Å²) in [5.74, 6) is 0.482. The second-order valence-corrected chi connectivity index (χ2v) is 4.69. The van der Waals surface area contributed by atoms with Crippen molar-refractivity contribution in [2.45, 2.75) is 16.4 Å². The molecule has 2 rings (SSSR count). The highest BCUT2D eigenvalue weighted by atomic mass is 32.2. The van der Waals surface area contributed by atoms with Crippen LogP contribution in [0.25, 0.3) is 0 Å². The quantitative estimate of drug-likeness (QED) is 0.790. The number of nitrogen functional groups attached to an aromatic ring is 1. The van der Waals surface area contributed by atoms with Crippen LogP contribution >= 0.6 is 23.1 Å². The molecule has 0 bridgehead atoms. The minimum Gasteiger partial charge on any atom is -0.384 e. The van der Waals surface area contributed by atoms with Crippen LogP contribution in [0.4, 0.5) is 5.82 Å². The van der Waals surface area contributed by atoms with Gasteiger partial charge in [-0.3, -0.25) is 0 Å². The lowest BCUT2D eigenvalue weighted by Gasteiger charge is -1.95. The molecule has 0 atom stereocenters. The summed E-state index contributed by atoms with van der Waals surface area (Å²) in [5, 5.41) is 2.63. The van der Waals surface area contributed by atoms with E-state index in [2.05, 4.69) is 15.0 Å². The summed E-state index contributed by atoms with van der Waals surface area (Å²) in [7, 11) is 0. The van der Waals surface area contributed by atoms with Crippen LogP contribution in [-0.4, -0.2) is 15.0 Å². The maximum atomic E-state index is 5.54. The molecule has 2 aromatic rings. The van der Waals surface area contributed by atoms with Gasteiger partial charge in [-0.05, 0) is 24.8 Å². The largest absolute Gasteiger partial charge is 0.384 e. The molecule has 2 aromatic heterocycles. The molecule has 0 aliphatic rings. The van der Waals surface area contributed by atoms with E-state index < -0.39 is 0 Å². The lowest BCUT2D eigenvalue weighted by atomic mass is 10.6. The first-order valence-electron chi connectivity index (χ1n) is 3.92. The lowest BCUT2D eigenvalue weighted by molar-refractivity contribution is 0.973. The zero-order valence-corrected chi connectivity index (χ0v) is 9.10. The predicted molar refractivity (Wildman–Crippen MR) is 57.4 cm³/mol. The molecule has 0 aromatic carbocycles. The Morgan fingerprint density at radius 1 is 1.43 bits per heavy atom. The van der Waals surface area contributed by atoms with E-state index in [1.807, 2.05) is 12.3 Å². The number of nitrogens with two attached hydrogens (primary N) is 1. The molecule has 2 N–H and O–H groups in total. The number of aromatic nitrogens is 3. The fraction of sp³-hybridized carbons (Fsp3) is 0.125. The molecule has 0 radical (unpaired) electrons. The first kappa shape index (κ1) is 9.42. The van der Waals surface area contributed by atoms with Gasteiger partial charge in [0.05, 0.1) is 0 Å². The van der Waals surface area contributed by atoms with Crippen LogP contribution in [0.3, 0.4) is 0 Å². The number of thiazole rings is 1. The lowest BCUT2D eigenvalue weighted by Crippen LogP contribution is -1.92. The molecule has 4 nitrogen and oxygen atoms in total. The molecule has 6 heteroatoms. The Labute approximate surface area is 89.6 Å². The summed E-state index contributed by atoms with van der Waals surface area (Å²) < 4.78 is 0.938. The number of rotatable bonds is 2. The number of hydrogen-bond donors (Lipinski definition) is 1. The van der Waals surface area contributed by atoms with Gasteiger partial charge >= 0.3 is 0 Å². The smallest absolute Gasteiger partial charge is 0.196 e. The molecule has 2 heterocycles. The highest BCUT2D eigenvalue weighted by molar-refractivity contribution is 8.00. The standard InChI is InChI=1S/C8H8N4S2/c1-5-4-13-8(11-5)14-7-10-3-2-6(9)12-7/h2-4H,1H3,(H2,9,10,12). The SMILES string of the molecule is Cc1csc(Sc2nccc(N)n2)n1. The molecule has 72 valence electrons. The van der Waals surface area contributed by atoms with E-state index in [1.54, 1.807) is 23.6 Å². The molecule has 0 fully saturated rings. The van der Waals surface area contributed by atoms with Crippen LogP contribution < -0.4 is 5.73 Å². The number of nitrogens with zero attached hydrogens (tertiary/aromatic N) is 3. The van der Waals surface area contributed by atoms with Crippen molar-refractivity contribution in [1.82, 2.24) is 15.0 Å².